The fraction of sp³-hybridized carbons (Fsp3) is 0.643. The monoisotopic (exact) mass is 253 g/mol. The highest BCUT2D eigenvalue weighted by atomic mass is 16.5. The molecule has 0 saturated heterocycles. The fourth-order valence-electron chi connectivity index (χ4n) is 1.66. The van der Waals surface area contributed by atoms with E-state index in [1.165, 1.54) is 19.8 Å². The summed E-state index contributed by atoms with van der Waals surface area (Å²) < 4.78 is 9.92. The molecule has 0 saturated carbocycles. The van der Waals surface area contributed by atoms with Crippen LogP contribution in [0.5, 0.6) is 0 Å². The van der Waals surface area contributed by atoms with Crippen LogP contribution in [0.25, 0.3) is 0 Å². The molecule has 1 heterocycles. The fourth-order valence-corrected chi connectivity index (χ4v) is 1.66. The number of hydrogen-bond acceptors (Lipinski definition) is 4. The van der Waals surface area contributed by atoms with Gasteiger partial charge in [-0.2, -0.15) is 0 Å². The van der Waals surface area contributed by atoms with Crippen LogP contribution < -0.4 is 5.32 Å². The highest BCUT2D eigenvalue weighted by Crippen LogP contribution is 2.10. The van der Waals surface area contributed by atoms with Gasteiger partial charge in [-0.3, -0.25) is 0 Å². The zero-order chi connectivity index (χ0) is 13.5. The summed E-state index contributed by atoms with van der Waals surface area (Å²) in [6, 6.07) is 2.16. The third-order valence-corrected chi connectivity index (χ3v) is 2.88. The van der Waals surface area contributed by atoms with Gasteiger partial charge in [0.2, 0.25) is 0 Å². The van der Waals surface area contributed by atoms with E-state index < -0.39 is 0 Å². The van der Waals surface area contributed by atoms with E-state index in [2.05, 4.69) is 30.8 Å². The van der Waals surface area contributed by atoms with Crippen molar-refractivity contribution in [3.05, 3.63) is 23.7 Å². The lowest BCUT2D eigenvalue weighted by Crippen LogP contribution is -2.25. The van der Waals surface area contributed by atoms with Gasteiger partial charge in [0.25, 0.3) is 0 Å². The molecule has 1 aromatic heterocycles. The molecule has 0 bridgehead atoms. The van der Waals surface area contributed by atoms with E-state index in [4.69, 9.17) is 4.42 Å². The van der Waals surface area contributed by atoms with E-state index in [9.17, 15) is 4.79 Å². The lowest BCUT2D eigenvalue weighted by atomic mass is 10.0. The molecule has 18 heavy (non-hydrogen) atoms. The van der Waals surface area contributed by atoms with Crippen molar-refractivity contribution in [2.45, 2.75) is 46.2 Å². The summed E-state index contributed by atoms with van der Waals surface area (Å²) in [4.78, 5) is 11.2. The molecule has 1 atom stereocenters. The second kappa shape index (κ2) is 7.21. The van der Waals surface area contributed by atoms with Crippen LogP contribution in [0, 0.1) is 5.92 Å². The Bertz CT molecular complexity index is 371. The summed E-state index contributed by atoms with van der Waals surface area (Å²) in [5.74, 6) is 1.12. The van der Waals surface area contributed by atoms with Crippen molar-refractivity contribution in [1.82, 2.24) is 5.32 Å². The molecule has 4 nitrogen and oxygen atoms in total. The topological polar surface area (TPSA) is 51.5 Å². The molecule has 1 unspecified atom stereocenters. The van der Waals surface area contributed by atoms with Crippen LogP contribution in [0.2, 0.25) is 0 Å². The molecule has 4 heteroatoms. The molecule has 0 spiro atoms. The summed E-state index contributed by atoms with van der Waals surface area (Å²) in [7, 11) is 1.36. The number of carbonyl (C=O) groups excluding carboxylic acids is 1. The molecule has 0 amide bonds. The Balaban J connectivity index is 2.34. The Labute approximate surface area is 109 Å². The Hall–Kier alpha value is -1.29. The van der Waals surface area contributed by atoms with E-state index in [-0.39, 0.29) is 5.97 Å². The minimum absolute atomic E-state index is 0.363. The zero-order valence-corrected chi connectivity index (χ0v) is 11.7. The second-order valence-corrected chi connectivity index (χ2v) is 5.05. The lowest BCUT2D eigenvalue weighted by Gasteiger charge is -2.13. The molecule has 1 rings (SSSR count). The van der Waals surface area contributed by atoms with Gasteiger partial charge in [0.1, 0.15) is 12.0 Å². The first-order valence-corrected chi connectivity index (χ1v) is 6.42. The van der Waals surface area contributed by atoms with E-state index in [0.717, 1.165) is 18.1 Å². The Kier molecular flexibility index (Phi) is 5.92. The predicted octanol–water partition coefficient (Wildman–Crippen LogP) is 2.98. The van der Waals surface area contributed by atoms with Gasteiger partial charge in [-0.05, 0) is 31.7 Å². The highest BCUT2D eigenvalue weighted by Gasteiger charge is 2.10. The van der Waals surface area contributed by atoms with Gasteiger partial charge in [-0.15, -0.1) is 0 Å². The molecule has 0 aromatic carbocycles. The molecule has 0 aliphatic heterocycles. The van der Waals surface area contributed by atoms with Crippen LogP contribution in [0.4, 0.5) is 0 Å². The molecule has 0 radical (unpaired) electrons. The smallest absolute Gasteiger partial charge is 0.341 e. The van der Waals surface area contributed by atoms with E-state index in [1.54, 1.807) is 6.07 Å². The number of esters is 1. The highest BCUT2D eigenvalue weighted by molar-refractivity contribution is 5.88. The standard InChI is InChI=1S/C14H23NO3/c1-10(2)5-6-11(3)15-8-13-7-12(9-18-13)14(16)17-4/h7,9-11,15H,5-6,8H2,1-4H3. The third-order valence-electron chi connectivity index (χ3n) is 2.88. The summed E-state index contributed by atoms with van der Waals surface area (Å²) >= 11 is 0. The number of hydrogen-bond donors (Lipinski definition) is 1. The number of carbonyl (C=O) groups is 1. The number of furan rings is 1. The minimum Gasteiger partial charge on any atom is -0.467 e. The van der Waals surface area contributed by atoms with Crippen molar-refractivity contribution in [3.8, 4) is 0 Å². The molecule has 0 aliphatic carbocycles. The largest absolute Gasteiger partial charge is 0.467 e. The summed E-state index contributed by atoms with van der Waals surface area (Å²) in [5.41, 5.74) is 0.462. The number of rotatable bonds is 7. The molecule has 1 aromatic rings. The van der Waals surface area contributed by atoms with E-state index >= 15 is 0 Å². The van der Waals surface area contributed by atoms with Crippen LogP contribution in [0.1, 0.15) is 49.7 Å². The van der Waals surface area contributed by atoms with Crippen molar-refractivity contribution in [2.75, 3.05) is 7.11 Å². The van der Waals surface area contributed by atoms with Gasteiger partial charge < -0.3 is 14.5 Å². The summed E-state index contributed by atoms with van der Waals surface area (Å²) in [6.45, 7) is 7.24. The number of ether oxygens (including phenoxy) is 1. The maximum absolute atomic E-state index is 11.2. The van der Waals surface area contributed by atoms with Gasteiger partial charge in [0, 0.05) is 6.04 Å². The first kappa shape index (κ1) is 14.8. The van der Waals surface area contributed by atoms with Gasteiger partial charge in [0.05, 0.1) is 19.2 Å². The number of nitrogens with one attached hydrogen (secondary N) is 1. The Morgan fingerprint density at radius 2 is 2.11 bits per heavy atom. The van der Waals surface area contributed by atoms with Crippen molar-refractivity contribution in [1.29, 1.82) is 0 Å². The number of methoxy groups -OCH3 is 1. The van der Waals surface area contributed by atoms with Crippen LogP contribution in [0.15, 0.2) is 16.7 Å². The predicted molar refractivity (Wildman–Crippen MR) is 70.4 cm³/mol. The lowest BCUT2D eigenvalue weighted by molar-refractivity contribution is 0.0600. The van der Waals surface area contributed by atoms with Crippen molar-refractivity contribution >= 4 is 5.97 Å². The van der Waals surface area contributed by atoms with E-state index in [1.807, 2.05) is 0 Å². The molecular weight excluding hydrogens is 230 g/mol. The van der Waals surface area contributed by atoms with Crippen LogP contribution in [0.3, 0.4) is 0 Å². The van der Waals surface area contributed by atoms with Crippen LogP contribution >= 0.6 is 0 Å². The molecule has 1 N–H and O–H groups in total. The quantitative estimate of drug-likeness (QED) is 0.759. The average molecular weight is 253 g/mol. The Morgan fingerprint density at radius 3 is 2.72 bits per heavy atom. The van der Waals surface area contributed by atoms with Crippen LogP contribution in [-0.2, 0) is 11.3 Å². The minimum atomic E-state index is -0.363. The maximum Gasteiger partial charge on any atom is 0.341 e. The van der Waals surface area contributed by atoms with Crippen LogP contribution in [-0.4, -0.2) is 19.1 Å². The van der Waals surface area contributed by atoms with Crippen molar-refractivity contribution < 1.29 is 13.9 Å². The molecule has 0 fully saturated rings. The van der Waals surface area contributed by atoms with Gasteiger partial charge in [-0.1, -0.05) is 13.8 Å². The van der Waals surface area contributed by atoms with Gasteiger partial charge >= 0.3 is 5.97 Å². The summed E-state index contributed by atoms with van der Waals surface area (Å²) in [6.07, 6.45) is 3.78. The van der Waals surface area contributed by atoms with Gasteiger partial charge in [-0.25, -0.2) is 4.79 Å². The molecule has 102 valence electrons. The Morgan fingerprint density at radius 1 is 1.39 bits per heavy atom. The van der Waals surface area contributed by atoms with Gasteiger partial charge in [0.15, 0.2) is 0 Å². The van der Waals surface area contributed by atoms with Crippen molar-refractivity contribution in [3.63, 3.8) is 0 Å². The normalized spacial score (nSPS) is 12.7. The van der Waals surface area contributed by atoms with E-state index in [0.29, 0.717) is 18.2 Å². The maximum atomic E-state index is 11.2. The third kappa shape index (κ3) is 4.92. The molecule has 0 aliphatic rings. The second-order valence-electron chi connectivity index (χ2n) is 5.05. The SMILES string of the molecule is COC(=O)c1coc(CNC(C)CCC(C)C)c1. The van der Waals surface area contributed by atoms with Crippen molar-refractivity contribution in [2.24, 2.45) is 5.92 Å². The first-order chi connectivity index (χ1) is 8.52. The molecular formula is C14H23NO3. The first-order valence-electron chi connectivity index (χ1n) is 6.42. The zero-order valence-electron chi connectivity index (χ0n) is 11.7. The average Bonchev–Trinajstić information content (AvgIpc) is 2.81. The summed E-state index contributed by atoms with van der Waals surface area (Å²) in [5, 5.41) is 3.38.